The SMILES string of the molecule is CCON(C)c1c(F)cc(N)cc1F. The van der Waals surface area contributed by atoms with Crippen LogP contribution in [0.15, 0.2) is 12.1 Å². The zero-order valence-electron chi connectivity index (χ0n) is 8.05. The Morgan fingerprint density at radius 2 is 1.86 bits per heavy atom. The summed E-state index contributed by atoms with van der Waals surface area (Å²) in [6, 6.07) is 2.10. The van der Waals surface area contributed by atoms with Crippen molar-refractivity contribution in [1.29, 1.82) is 0 Å². The number of nitrogens with two attached hydrogens (primary N) is 1. The number of hydrogen-bond donors (Lipinski definition) is 1. The van der Waals surface area contributed by atoms with Gasteiger partial charge in [-0.05, 0) is 19.1 Å². The number of benzene rings is 1. The van der Waals surface area contributed by atoms with Crippen LogP contribution < -0.4 is 10.8 Å². The van der Waals surface area contributed by atoms with E-state index in [4.69, 9.17) is 10.6 Å². The molecule has 1 aromatic carbocycles. The number of nitrogen functional groups attached to an aromatic ring is 1. The van der Waals surface area contributed by atoms with E-state index in [0.717, 1.165) is 17.2 Å². The van der Waals surface area contributed by atoms with E-state index in [-0.39, 0.29) is 11.4 Å². The van der Waals surface area contributed by atoms with Crippen molar-refractivity contribution < 1.29 is 13.6 Å². The molecule has 0 bridgehead atoms. The molecule has 0 atom stereocenters. The summed E-state index contributed by atoms with van der Waals surface area (Å²) in [7, 11) is 1.43. The fourth-order valence-electron chi connectivity index (χ4n) is 1.14. The van der Waals surface area contributed by atoms with E-state index in [0.29, 0.717) is 6.61 Å². The van der Waals surface area contributed by atoms with Crippen LogP contribution in [0, 0.1) is 11.6 Å². The number of halogens is 2. The van der Waals surface area contributed by atoms with E-state index >= 15 is 0 Å². The van der Waals surface area contributed by atoms with Crippen LogP contribution in [0.3, 0.4) is 0 Å². The molecule has 1 aromatic rings. The molecule has 0 unspecified atom stereocenters. The molecule has 5 heteroatoms. The quantitative estimate of drug-likeness (QED) is 0.601. The largest absolute Gasteiger partial charge is 0.399 e. The van der Waals surface area contributed by atoms with Crippen molar-refractivity contribution in [3.63, 3.8) is 0 Å². The maximum absolute atomic E-state index is 13.2. The molecule has 0 radical (unpaired) electrons. The fourth-order valence-corrected chi connectivity index (χ4v) is 1.14. The van der Waals surface area contributed by atoms with E-state index in [1.54, 1.807) is 6.92 Å². The van der Waals surface area contributed by atoms with Gasteiger partial charge in [-0.2, -0.15) is 0 Å². The Labute approximate surface area is 81.0 Å². The van der Waals surface area contributed by atoms with Gasteiger partial charge in [-0.25, -0.2) is 8.78 Å². The lowest BCUT2D eigenvalue weighted by molar-refractivity contribution is 0.131. The average molecular weight is 202 g/mol. The number of nitrogens with zero attached hydrogens (tertiary/aromatic N) is 1. The third-order valence-electron chi connectivity index (χ3n) is 1.68. The molecule has 0 aliphatic rings. The van der Waals surface area contributed by atoms with E-state index < -0.39 is 11.6 Å². The number of rotatable bonds is 3. The van der Waals surface area contributed by atoms with E-state index in [1.807, 2.05) is 0 Å². The van der Waals surface area contributed by atoms with Gasteiger partial charge in [0.2, 0.25) is 0 Å². The van der Waals surface area contributed by atoms with Gasteiger partial charge in [0.1, 0.15) is 5.69 Å². The minimum absolute atomic E-state index is 0.0497. The predicted octanol–water partition coefficient (Wildman–Crippen LogP) is 1.93. The average Bonchev–Trinajstić information content (AvgIpc) is 2.01. The Morgan fingerprint density at radius 3 is 2.29 bits per heavy atom. The predicted molar refractivity (Wildman–Crippen MR) is 50.8 cm³/mol. The van der Waals surface area contributed by atoms with Crippen LogP contribution in [0.4, 0.5) is 20.2 Å². The first-order valence-corrected chi connectivity index (χ1v) is 4.17. The third kappa shape index (κ3) is 2.11. The molecule has 0 spiro atoms. The molecular formula is C9H12F2N2O. The molecule has 0 aliphatic carbocycles. The van der Waals surface area contributed by atoms with Crippen LogP contribution in [0.25, 0.3) is 0 Å². The minimum Gasteiger partial charge on any atom is -0.399 e. The van der Waals surface area contributed by atoms with Gasteiger partial charge in [0.25, 0.3) is 0 Å². The summed E-state index contributed by atoms with van der Waals surface area (Å²) in [5.74, 6) is -1.48. The molecule has 3 nitrogen and oxygen atoms in total. The lowest BCUT2D eigenvalue weighted by Gasteiger charge is -2.19. The van der Waals surface area contributed by atoms with Crippen molar-refractivity contribution >= 4 is 11.4 Å². The highest BCUT2D eigenvalue weighted by Gasteiger charge is 2.14. The summed E-state index contributed by atoms with van der Waals surface area (Å²) in [6.45, 7) is 2.06. The Morgan fingerprint density at radius 1 is 1.36 bits per heavy atom. The second kappa shape index (κ2) is 4.23. The smallest absolute Gasteiger partial charge is 0.153 e. The molecule has 0 heterocycles. The summed E-state index contributed by atoms with van der Waals surface area (Å²) < 4.78 is 26.5. The summed E-state index contributed by atoms with van der Waals surface area (Å²) in [5, 5.41) is 1.05. The summed E-state index contributed by atoms with van der Waals surface area (Å²) >= 11 is 0. The maximum atomic E-state index is 13.2. The Hall–Kier alpha value is -1.36. The molecular weight excluding hydrogens is 190 g/mol. The van der Waals surface area contributed by atoms with E-state index in [2.05, 4.69) is 0 Å². The van der Waals surface area contributed by atoms with Gasteiger partial charge in [-0.15, -0.1) is 0 Å². The highest BCUT2D eigenvalue weighted by molar-refractivity contribution is 5.54. The molecule has 1 rings (SSSR count). The van der Waals surface area contributed by atoms with Crippen molar-refractivity contribution in [1.82, 2.24) is 0 Å². The fraction of sp³-hybridized carbons (Fsp3) is 0.333. The van der Waals surface area contributed by atoms with Crippen molar-refractivity contribution in [2.45, 2.75) is 6.92 Å². The number of hydrogen-bond acceptors (Lipinski definition) is 3. The Balaban J connectivity index is 3.07. The van der Waals surface area contributed by atoms with Gasteiger partial charge < -0.3 is 5.73 Å². The van der Waals surface area contributed by atoms with Gasteiger partial charge in [0.05, 0.1) is 6.61 Å². The first kappa shape index (κ1) is 10.7. The van der Waals surface area contributed by atoms with Gasteiger partial charge in [0, 0.05) is 12.7 Å². The lowest BCUT2D eigenvalue weighted by Crippen LogP contribution is -2.20. The Kier molecular flexibility index (Phi) is 3.24. The van der Waals surface area contributed by atoms with Crippen LogP contribution in [-0.4, -0.2) is 13.7 Å². The zero-order valence-corrected chi connectivity index (χ0v) is 8.05. The summed E-state index contributed by atoms with van der Waals surface area (Å²) in [4.78, 5) is 4.94. The molecule has 0 saturated carbocycles. The molecule has 14 heavy (non-hydrogen) atoms. The Bertz CT molecular complexity index is 308. The van der Waals surface area contributed by atoms with Crippen molar-refractivity contribution in [3.8, 4) is 0 Å². The first-order chi connectivity index (χ1) is 6.56. The topological polar surface area (TPSA) is 38.5 Å². The summed E-state index contributed by atoms with van der Waals surface area (Å²) in [6.07, 6.45) is 0. The second-order valence-electron chi connectivity index (χ2n) is 2.75. The van der Waals surface area contributed by atoms with Crippen molar-refractivity contribution in [3.05, 3.63) is 23.8 Å². The van der Waals surface area contributed by atoms with E-state index in [1.165, 1.54) is 7.05 Å². The van der Waals surface area contributed by atoms with Crippen molar-refractivity contribution in [2.24, 2.45) is 0 Å². The van der Waals surface area contributed by atoms with Gasteiger partial charge >= 0.3 is 0 Å². The van der Waals surface area contributed by atoms with Gasteiger partial charge in [-0.3, -0.25) is 9.90 Å². The van der Waals surface area contributed by atoms with Crippen molar-refractivity contribution in [2.75, 3.05) is 24.5 Å². The van der Waals surface area contributed by atoms with Crippen LogP contribution in [-0.2, 0) is 4.84 Å². The highest BCUT2D eigenvalue weighted by atomic mass is 19.1. The van der Waals surface area contributed by atoms with Crippen LogP contribution in [0.1, 0.15) is 6.92 Å². The van der Waals surface area contributed by atoms with E-state index in [9.17, 15) is 8.78 Å². The standard InChI is InChI=1S/C9H12F2N2O/c1-3-14-13(2)9-7(10)4-6(12)5-8(9)11/h4-5H,3,12H2,1-2H3. The van der Waals surface area contributed by atoms with Gasteiger partial charge in [-0.1, -0.05) is 0 Å². The van der Waals surface area contributed by atoms with Crippen LogP contribution >= 0.6 is 0 Å². The first-order valence-electron chi connectivity index (χ1n) is 4.17. The van der Waals surface area contributed by atoms with Crippen LogP contribution in [0.5, 0.6) is 0 Å². The van der Waals surface area contributed by atoms with Crippen LogP contribution in [0.2, 0.25) is 0 Å². The summed E-state index contributed by atoms with van der Waals surface area (Å²) in [5.41, 5.74) is 5.08. The molecule has 0 amide bonds. The molecule has 0 aliphatic heterocycles. The zero-order chi connectivity index (χ0) is 10.7. The third-order valence-corrected chi connectivity index (χ3v) is 1.68. The number of anilines is 2. The highest BCUT2D eigenvalue weighted by Crippen LogP contribution is 2.24. The molecule has 78 valence electrons. The monoisotopic (exact) mass is 202 g/mol. The normalized spacial score (nSPS) is 10.3. The number of hydroxylamine groups is 1. The molecule has 2 N–H and O–H groups in total. The maximum Gasteiger partial charge on any atom is 0.153 e. The molecule has 0 saturated heterocycles. The second-order valence-corrected chi connectivity index (χ2v) is 2.75. The van der Waals surface area contributed by atoms with Gasteiger partial charge in [0.15, 0.2) is 11.6 Å². The molecule has 0 aromatic heterocycles. The lowest BCUT2D eigenvalue weighted by atomic mass is 10.2. The molecule has 0 fully saturated rings. The minimum atomic E-state index is -0.738.